The van der Waals surface area contributed by atoms with Crippen molar-refractivity contribution in [3.8, 4) is 5.82 Å². The fraction of sp³-hybridized carbons (Fsp3) is 0.167. The molecule has 3 aromatic heterocycles. The highest BCUT2D eigenvalue weighted by Crippen LogP contribution is 2.34. The summed E-state index contributed by atoms with van der Waals surface area (Å²) in [7, 11) is 0. The second kappa shape index (κ2) is 7.96. The number of hydrogen-bond acceptors (Lipinski definition) is 7. The number of hydrazine groups is 1. The highest BCUT2D eigenvalue weighted by molar-refractivity contribution is 6.33. The molecule has 2 N–H and O–H groups in total. The third-order valence-corrected chi connectivity index (χ3v) is 4.46. The smallest absolute Gasteiger partial charge is 0.320 e. The molecule has 9 nitrogen and oxygen atoms in total. The molecular weight excluding hydrogens is 437 g/mol. The summed E-state index contributed by atoms with van der Waals surface area (Å²) in [5, 5.41) is 11.6. The monoisotopic (exact) mass is 450 g/mol. The zero-order chi connectivity index (χ0) is 22.2. The van der Waals surface area contributed by atoms with Gasteiger partial charge in [0.05, 0.1) is 35.2 Å². The molecule has 4 rings (SSSR count). The third kappa shape index (κ3) is 4.20. The predicted molar refractivity (Wildman–Crippen MR) is 107 cm³/mol. The SMILES string of the molecule is Cc1cccc(-n2ncc(C(=O)Nc3cnc(N4N=CCN4)c(Cl)c3)c2C(F)(F)F)n1. The molecule has 13 heteroatoms. The van der Waals surface area contributed by atoms with Crippen molar-refractivity contribution in [2.24, 2.45) is 5.10 Å². The number of anilines is 2. The van der Waals surface area contributed by atoms with E-state index >= 15 is 0 Å². The van der Waals surface area contributed by atoms with Crippen molar-refractivity contribution >= 4 is 35.2 Å². The van der Waals surface area contributed by atoms with E-state index in [2.05, 4.69) is 30.9 Å². The van der Waals surface area contributed by atoms with E-state index in [1.165, 1.54) is 23.4 Å². The van der Waals surface area contributed by atoms with Gasteiger partial charge in [-0.05, 0) is 25.1 Å². The highest BCUT2D eigenvalue weighted by Gasteiger charge is 2.41. The molecule has 0 bridgehead atoms. The lowest BCUT2D eigenvalue weighted by Gasteiger charge is -2.15. The fourth-order valence-electron chi connectivity index (χ4n) is 2.88. The molecule has 0 unspecified atom stereocenters. The number of hydrazone groups is 1. The normalized spacial score (nSPS) is 13.6. The Morgan fingerprint density at radius 2 is 2.10 bits per heavy atom. The molecule has 31 heavy (non-hydrogen) atoms. The van der Waals surface area contributed by atoms with Crippen LogP contribution in [-0.2, 0) is 6.18 Å². The zero-order valence-electron chi connectivity index (χ0n) is 15.9. The summed E-state index contributed by atoms with van der Waals surface area (Å²) in [6, 6.07) is 5.91. The van der Waals surface area contributed by atoms with E-state index in [-0.39, 0.29) is 22.3 Å². The van der Waals surface area contributed by atoms with Gasteiger partial charge in [0, 0.05) is 11.9 Å². The Bertz CT molecular complexity index is 1180. The van der Waals surface area contributed by atoms with Gasteiger partial charge in [-0.15, -0.1) is 0 Å². The molecule has 1 aliphatic heterocycles. The van der Waals surface area contributed by atoms with Gasteiger partial charge >= 0.3 is 6.18 Å². The van der Waals surface area contributed by atoms with Crippen molar-refractivity contribution in [3.05, 3.63) is 58.6 Å². The Balaban J connectivity index is 1.64. The summed E-state index contributed by atoms with van der Waals surface area (Å²) in [6.45, 7) is 2.13. The summed E-state index contributed by atoms with van der Waals surface area (Å²) in [5.74, 6) is -0.795. The number of nitrogens with zero attached hydrogens (tertiary/aromatic N) is 6. The molecule has 0 saturated heterocycles. The lowest BCUT2D eigenvalue weighted by molar-refractivity contribution is -0.143. The summed E-state index contributed by atoms with van der Waals surface area (Å²) in [6.07, 6.45) is -1.15. The summed E-state index contributed by atoms with van der Waals surface area (Å²) in [4.78, 5) is 20.8. The van der Waals surface area contributed by atoms with Crippen LogP contribution in [0.2, 0.25) is 5.02 Å². The average molecular weight is 451 g/mol. The molecule has 1 aliphatic rings. The number of carbonyl (C=O) groups excluding carboxylic acids is 1. The molecule has 160 valence electrons. The van der Waals surface area contributed by atoms with Gasteiger partial charge < -0.3 is 5.32 Å². The number of carbonyl (C=O) groups is 1. The number of aromatic nitrogens is 4. The topological polar surface area (TPSA) is 100 Å². The molecule has 3 aromatic rings. The van der Waals surface area contributed by atoms with Crippen molar-refractivity contribution in [1.82, 2.24) is 25.2 Å². The van der Waals surface area contributed by atoms with E-state index in [4.69, 9.17) is 11.6 Å². The Morgan fingerprint density at radius 1 is 1.29 bits per heavy atom. The Labute approximate surface area is 178 Å². The van der Waals surface area contributed by atoms with Gasteiger partial charge in [-0.3, -0.25) is 4.79 Å². The molecule has 0 saturated carbocycles. The molecular formula is C18H14ClF3N8O. The lowest BCUT2D eigenvalue weighted by Crippen LogP contribution is -2.29. The molecule has 0 atom stereocenters. The van der Waals surface area contributed by atoms with Crippen molar-refractivity contribution in [2.75, 3.05) is 17.0 Å². The quantitative estimate of drug-likeness (QED) is 0.633. The molecule has 0 aromatic carbocycles. The van der Waals surface area contributed by atoms with Crippen LogP contribution in [0.25, 0.3) is 5.82 Å². The Morgan fingerprint density at radius 3 is 2.74 bits per heavy atom. The number of hydrogen-bond donors (Lipinski definition) is 2. The molecule has 0 fully saturated rings. The van der Waals surface area contributed by atoms with Crippen LogP contribution >= 0.6 is 11.6 Å². The Hall–Kier alpha value is -3.51. The maximum Gasteiger partial charge on any atom is 0.434 e. The van der Waals surface area contributed by atoms with E-state index in [1.807, 2.05) is 0 Å². The second-order valence-corrected chi connectivity index (χ2v) is 6.82. The highest BCUT2D eigenvalue weighted by atomic mass is 35.5. The van der Waals surface area contributed by atoms with Crippen LogP contribution < -0.4 is 15.9 Å². The van der Waals surface area contributed by atoms with E-state index in [0.29, 0.717) is 16.9 Å². The predicted octanol–water partition coefficient (Wildman–Crippen LogP) is 3.21. The van der Waals surface area contributed by atoms with Crippen LogP contribution in [0.3, 0.4) is 0 Å². The maximum absolute atomic E-state index is 13.8. The van der Waals surface area contributed by atoms with Gasteiger partial charge in [-0.2, -0.15) is 28.5 Å². The van der Waals surface area contributed by atoms with E-state index in [9.17, 15) is 18.0 Å². The first-order valence-electron chi connectivity index (χ1n) is 8.86. The number of pyridine rings is 2. The van der Waals surface area contributed by atoms with Gasteiger partial charge in [0.2, 0.25) is 0 Å². The number of halogens is 4. The standard InChI is InChI=1S/C18H14ClF3N8O/c1-10-3-2-4-14(27-10)29-15(18(20,21)22)12(9-26-29)17(31)28-11-7-13(19)16(23-8-11)30-24-5-6-25-30/h2-5,7-9,25H,6H2,1H3,(H,28,31). The van der Waals surface area contributed by atoms with Crippen LogP contribution in [0.1, 0.15) is 21.7 Å². The first-order valence-corrected chi connectivity index (χ1v) is 9.24. The lowest BCUT2D eigenvalue weighted by atomic mass is 10.2. The minimum Gasteiger partial charge on any atom is -0.320 e. The third-order valence-electron chi connectivity index (χ3n) is 4.18. The van der Waals surface area contributed by atoms with Crippen molar-refractivity contribution < 1.29 is 18.0 Å². The zero-order valence-corrected chi connectivity index (χ0v) is 16.6. The van der Waals surface area contributed by atoms with E-state index < -0.39 is 23.3 Å². The number of alkyl halides is 3. The van der Waals surface area contributed by atoms with Crippen molar-refractivity contribution in [1.29, 1.82) is 0 Å². The van der Waals surface area contributed by atoms with Crippen LogP contribution in [-0.4, -0.2) is 38.4 Å². The van der Waals surface area contributed by atoms with Gasteiger partial charge in [0.25, 0.3) is 5.91 Å². The molecule has 0 radical (unpaired) electrons. The number of amides is 1. The van der Waals surface area contributed by atoms with E-state index in [0.717, 1.165) is 6.20 Å². The molecule has 0 aliphatic carbocycles. The Kier molecular flexibility index (Phi) is 5.33. The van der Waals surface area contributed by atoms with E-state index in [1.54, 1.807) is 25.3 Å². The number of nitrogens with one attached hydrogen (secondary N) is 2. The fourth-order valence-corrected chi connectivity index (χ4v) is 3.13. The minimum absolute atomic E-state index is 0.0564. The molecule has 1 amide bonds. The van der Waals surface area contributed by atoms with Gasteiger partial charge in [-0.1, -0.05) is 17.7 Å². The van der Waals surface area contributed by atoms with Gasteiger partial charge in [0.1, 0.15) is 0 Å². The van der Waals surface area contributed by atoms with Crippen LogP contribution in [0.4, 0.5) is 24.7 Å². The van der Waals surface area contributed by atoms with Crippen molar-refractivity contribution in [3.63, 3.8) is 0 Å². The summed E-state index contributed by atoms with van der Waals surface area (Å²) < 4.78 is 42.0. The first-order chi connectivity index (χ1) is 14.7. The summed E-state index contributed by atoms with van der Waals surface area (Å²) in [5.41, 5.74) is 1.59. The first kappa shape index (κ1) is 20.8. The number of rotatable bonds is 4. The van der Waals surface area contributed by atoms with Gasteiger partial charge in [-0.25, -0.2) is 20.1 Å². The summed E-state index contributed by atoms with van der Waals surface area (Å²) >= 11 is 6.17. The molecule has 0 spiro atoms. The minimum atomic E-state index is -4.85. The van der Waals surface area contributed by atoms with Crippen LogP contribution in [0.5, 0.6) is 0 Å². The largest absolute Gasteiger partial charge is 0.434 e. The second-order valence-electron chi connectivity index (χ2n) is 6.41. The average Bonchev–Trinajstić information content (AvgIpc) is 3.38. The van der Waals surface area contributed by atoms with Gasteiger partial charge in [0.15, 0.2) is 17.3 Å². The number of aryl methyl sites for hydroxylation is 1. The van der Waals surface area contributed by atoms with Crippen molar-refractivity contribution in [2.45, 2.75) is 13.1 Å². The maximum atomic E-state index is 13.8. The molecule has 4 heterocycles. The van der Waals surface area contributed by atoms with Crippen LogP contribution in [0.15, 0.2) is 41.8 Å². The van der Waals surface area contributed by atoms with Crippen LogP contribution in [0, 0.1) is 6.92 Å².